The third-order valence-corrected chi connectivity index (χ3v) is 7.21. The zero-order chi connectivity index (χ0) is 29.1. The summed E-state index contributed by atoms with van der Waals surface area (Å²) >= 11 is 0. The van der Waals surface area contributed by atoms with E-state index in [1.807, 2.05) is 4.90 Å². The second-order valence-electron chi connectivity index (χ2n) is 9.93. The number of nitrogens with one attached hydrogen (secondary N) is 1. The van der Waals surface area contributed by atoms with Crippen molar-refractivity contribution < 1.29 is 36.1 Å². The largest absolute Gasteiger partial charge is 0.423 e. The van der Waals surface area contributed by atoms with E-state index in [2.05, 4.69) is 10.2 Å². The fourth-order valence-corrected chi connectivity index (χ4v) is 5.06. The van der Waals surface area contributed by atoms with E-state index in [-0.39, 0.29) is 17.6 Å². The number of nitro benzene ring substituents is 1. The Morgan fingerprint density at radius 3 is 2.23 bits per heavy atom. The highest BCUT2D eigenvalue weighted by Gasteiger charge is 2.39. The van der Waals surface area contributed by atoms with Crippen LogP contribution in [0.15, 0.2) is 42.5 Å². The lowest BCUT2D eigenvalue weighted by Gasteiger charge is -2.36. The maximum absolute atomic E-state index is 13.2. The Morgan fingerprint density at radius 2 is 1.62 bits per heavy atom. The Bertz CT molecular complexity index is 1200. The van der Waals surface area contributed by atoms with Crippen molar-refractivity contribution in [2.24, 2.45) is 0 Å². The molecule has 40 heavy (non-hydrogen) atoms. The van der Waals surface area contributed by atoms with E-state index in [4.69, 9.17) is 0 Å². The molecule has 14 heteroatoms. The smallest absolute Gasteiger partial charge is 0.380 e. The molecule has 1 amide bonds. The van der Waals surface area contributed by atoms with Gasteiger partial charge in [0, 0.05) is 69.2 Å². The van der Waals surface area contributed by atoms with Gasteiger partial charge in [-0.2, -0.15) is 26.3 Å². The van der Waals surface area contributed by atoms with E-state index >= 15 is 0 Å². The standard InChI is InChI=1S/C26H29F6N5O3/c27-25(28,29)18-3-6-21(7-4-18)35-14-12-34(13-15-35)10-1-2-24(38)36-11-9-20(17-36)33-19-5-8-23(37(39)40)22(16-19)26(30,31)32/h3-8,16,20,33H,1-2,9-15,17H2/t20-/m1/s1. The first-order valence-corrected chi connectivity index (χ1v) is 12.9. The number of hydrogen-bond donors (Lipinski definition) is 1. The van der Waals surface area contributed by atoms with Gasteiger partial charge in [-0.25, -0.2) is 0 Å². The summed E-state index contributed by atoms with van der Waals surface area (Å²) in [6.07, 6.45) is -7.75. The lowest BCUT2D eigenvalue weighted by atomic mass is 10.1. The quantitative estimate of drug-likeness (QED) is 0.264. The number of carbonyl (C=O) groups excluding carboxylic acids is 1. The molecule has 0 bridgehead atoms. The average Bonchev–Trinajstić information content (AvgIpc) is 3.36. The third-order valence-electron chi connectivity index (χ3n) is 7.21. The van der Waals surface area contributed by atoms with Crippen LogP contribution in [0, 0.1) is 10.1 Å². The molecular weight excluding hydrogens is 544 g/mol. The highest BCUT2D eigenvalue weighted by atomic mass is 19.4. The van der Waals surface area contributed by atoms with Crippen molar-refractivity contribution in [2.45, 2.75) is 37.7 Å². The number of carbonyl (C=O) groups is 1. The van der Waals surface area contributed by atoms with Crippen LogP contribution in [0.5, 0.6) is 0 Å². The first-order chi connectivity index (χ1) is 18.8. The molecule has 0 saturated carbocycles. The summed E-state index contributed by atoms with van der Waals surface area (Å²) in [4.78, 5) is 28.5. The van der Waals surface area contributed by atoms with Crippen LogP contribution in [0.1, 0.15) is 30.4 Å². The van der Waals surface area contributed by atoms with Crippen LogP contribution in [0.25, 0.3) is 0 Å². The van der Waals surface area contributed by atoms with Gasteiger partial charge in [0.15, 0.2) is 0 Å². The average molecular weight is 574 g/mol. The molecule has 2 heterocycles. The first-order valence-electron chi connectivity index (χ1n) is 12.9. The van der Waals surface area contributed by atoms with E-state index in [0.717, 1.165) is 43.0 Å². The van der Waals surface area contributed by atoms with Crippen molar-refractivity contribution in [2.75, 3.05) is 56.0 Å². The summed E-state index contributed by atoms with van der Waals surface area (Å²) < 4.78 is 78.1. The van der Waals surface area contributed by atoms with Gasteiger partial charge in [0.05, 0.1) is 10.5 Å². The van der Waals surface area contributed by atoms with E-state index < -0.39 is 34.1 Å². The molecule has 0 aliphatic carbocycles. The molecule has 218 valence electrons. The fourth-order valence-electron chi connectivity index (χ4n) is 5.06. The predicted molar refractivity (Wildman–Crippen MR) is 136 cm³/mol. The van der Waals surface area contributed by atoms with E-state index in [1.54, 1.807) is 4.90 Å². The number of benzene rings is 2. The van der Waals surface area contributed by atoms with Crippen LogP contribution >= 0.6 is 0 Å². The number of amides is 1. The molecule has 2 saturated heterocycles. The van der Waals surface area contributed by atoms with Gasteiger partial charge in [0.25, 0.3) is 5.69 Å². The van der Waals surface area contributed by atoms with Crippen molar-refractivity contribution >= 4 is 23.0 Å². The molecule has 0 radical (unpaired) electrons. The van der Waals surface area contributed by atoms with Crippen LogP contribution in [-0.4, -0.2) is 72.5 Å². The van der Waals surface area contributed by atoms with Crippen LogP contribution in [0.3, 0.4) is 0 Å². The molecule has 2 aliphatic rings. The third kappa shape index (κ3) is 7.34. The normalized spacial score (nSPS) is 18.7. The molecule has 8 nitrogen and oxygen atoms in total. The minimum atomic E-state index is -4.87. The van der Waals surface area contributed by atoms with Crippen molar-refractivity contribution in [3.05, 3.63) is 63.7 Å². The molecule has 1 N–H and O–H groups in total. The Morgan fingerprint density at radius 1 is 0.950 bits per heavy atom. The van der Waals surface area contributed by atoms with Gasteiger partial charge in [-0.3, -0.25) is 19.8 Å². The van der Waals surface area contributed by atoms with Gasteiger partial charge < -0.3 is 15.1 Å². The number of rotatable bonds is 8. The minimum Gasteiger partial charge on any atom is -0.380 e. The van der Waals surface area contributed by atoms with Gasteiger partial charge >= 0.3 is 12.4 Å². The van der Waals surface area contributed by atoms with Gasteiger partial charge in [0.2, 0.25) is 5.91 Å². The number of hydrogen-bond acceptors (Lipinski definition) is 6. The molecule has 0 unspecified atom stereocenters. The van der Waals surface area contributed by atoms with Crippen molar-refractivity contribution in [3.8, 4) is 0 Å². The number of halogens is 6. The monoisotopic (exact) mass is 573 g/mol. The lowest BCUT2D eigenvalue weighted by molar-refractivity contribution is -0.388. The predicted octanol–water partition coefficient (Wildman–Crippen LogP) is 5.25. The Hall–Kier alpha value is -3.55. The van der Waals surface area contributed by atoms with Crippen LogP contribution < -0.4 is 10.2 Å². The molecule has 0 aromatic heterocycles. The SMILES string of the molecule is O=C(CCCN1CCN(c2ccc(C(F)(F)F)cc2)CC1)N1CC[C@@H](Nc2ccc([N+](=O)[O-])c(C(F)(F)F)c2)C1. The summed E-state index contributed by atoms with van der Waals surface area (Å²) in [6.45, 7) is 4.25. The van der Waals surface area contributed by atoms with E-state index in [9.17, 15) is 41.3 Å². The molecule has 2 aromatic rings. The summed E-state index contributed by atoms with van der Waals surface area (Å²) in [5, 5.41) is 13.9. The molecule has 0 spiro atoms. The van der Waals surface area contributed by atoms with Gasteiger partial charge in [-0.1, -0.05) is 0 Å². The van der Waals surface area contributed by atoms with Gasteiger partial charge in [-0.15, -0.1) is 0 Å². The van der Waals surface area contributed by atoms with E-state index in [0.29, 0.717) is 52.0 Å². The molecule has 2 aliphatic heterocycles. The van der Waals surface area contributed by atoms with Crippen LogP contribution in [-0.2, 0) is 17.1 Å². The number of nitro groups is 1. The summed E-state index contributed by atoms with van der Waals surface area (Å²) in [5.41, 5.74) is -2.17. The molecule has 2 aromatic carbocycles. The highest BCUT2D eigenvalue weighted by Crippen LogP contribution is 2.38. The van der Waals surface area contributed by atoms with Gasteiger partial charge in [-0.05, 0) is 55.8 Å². The number of likely N-dealkylation sites (tertiary alicyclic amines) is 1. The molecule has 4 rings (SSSR count). The topological polar surface area (TPSA) is 82.0 Å². The Labute approximate surface area is 226 Å². The lowest BCUT2D eigenvalue weighted by Crippen LogP contribution is -2.46. The van der Waals surface area contributed by atoms with Gasteiger partial charge in [0.1, 0.15) is 5.56 Å². The second kappa shape index (κ2) is 11.9. The maximum atomic E-state index is 13.2. The number of anilines is 2. The molecule has 1 atom stereocenters. The van der Waals surface area contributed by atoms with Crippen molar-refractivity contribution in [1.29, 1.82) is 0 Å². The van der Waals surface area contributed by atoms with E-state index in [1.165, 1.54) is 18.2 Å². The Kier molecular flexibility index (Phi) is 8.76. The highest BCUT2D eigenvalue weighted by molar-refractivity contribution is 5.76. The Balaban J connectivity index is 1.19. The summed E-state index contributed by atoms with van der Waals surface area (Å²) in [5.74, 6) is -0.0487. The number of nitrogens with zero attached hydrogens (tertiary/aromatic N) is 4. The zero-order valence-corrected chi connectivity index (χ0v) is 21.5. The van der Waals surface area contributed by atoms with Crippen molar-refractivity contribution in [3.63, 3.8) is 0 Å². The van der Waals surface area contributed by atoms with Crippen LogP contribution in [0.2, 0.25) is 0 Å². The zero-order valence-electron chi connectivity index (χ0n) is 21.5. The summed E-state index contributed by atoms with van der Waals surface area (Å²) in [7, 11) is 0. The van der Waals surface area contributed by atoms with Crippen molar-refractivity contribution in [1.82, 2.24) is 9.80 Å². The second-order valence-corrected chi connectivity index (χ2v) is 9.93. The number of piperazine rings is 1. The number of alkyl halides is 6. The van der Waals surface area contributed by atoms with Crippen LogP contribution in [0.4, 0.5) is 43.4 Å². The minimum absolute atomic E-state index is 0.0487. The first kappa shape index (κ1) is 29.4. The fraction of sp³-hybridized carbons (Fsp3) is 0.500. The molecular formula is C26H29F6N5O3. The summed E-state index contributed by atoms with van der Waals surface area (Å²) in [6, 6.07) is 7.62. The molecule has 2 fully saturated rings. The maximum Gasteiger partial charge on any atom is 0.423 e.